The van der Waals surface area contributed by atoms with Crippen LogP contribution in [0.5, 0.6) is 0 Å². The van der Waals surface area contributed by atoms with Crippen molar-refractivity contribution in [3.05, 3.63) is 33.9 Å². The van der Waals surface area contributed by atoms with E-state index in [0.29, 0.717) is 0 Å². The number of rotatable bonds is 6. The Balaban J connectivity index is 2.71. The number of aromatic carboxylic acids is 1. The predicted molar refractivity (Wildman–Crippen MR) is 67.1 cm³/mol. The number of benzene rings is 1. The first kappa shape index (κ1) is 16.1. The number of carbonyl (C=O) groups is 1. The smallest absolute Gasteiger partial charge is 0.441 e. The van der Waals surface area contributed by atoms with Crippen LogP contribution in [0.1, 0.15) is 10.4 Å². The van der Waals surface area contributed by atoms with Gasteiger partial charge in [-0.2, -0.15) is 13.2 Å². The lowest BCUT2D eigenvalue weighted by atomic mass is 10.1. The van der Waals surface area contributed by atoms with Crippen molar-refractivity contribution >= 4 is 29.1 Å². The van der Waals surface area contributed by atoms with E-state index in [0.717, 1.165) is 12.1 Å². The van der Waals surface area contributed by atoms with E-state index in [1.807, 2.05) is 0 Å². The summed E-state index contributed by atoms with van der Waals surface area (Å²) in [4.78, 5) is 20.6. The van der Waals surface area contributed by atoms with Gasteiger partial charge in [-0.25, -0.2) is 4.79 Å². The van der Waals surface area contributed by atoms with Gasteiger partial charge in [0.15, 0.2) is 0 Å². The van der Waals surface area contributed by atoms with Gasteiger partial charge in [0.1, 0.15) is 5.56 Å². The summed E-state index contributed by atoms with van der Waals surface area (Å²) in [5.74, 6) is -1.74. The van der Waals surface area contributed by atoms with Gasteiger partial charge in [0.25, 0.3) is 5.69 Å². The van der Waals surface area contributed by atoms with Crippen LogP contribution in [0.2, 0.25) is 0 Å². The van der Waals surface area contributed by atoms with Crippen LogP contribution in [0.3, 0.4) is 0 Å². The van der Waals surface area contributed by atoms with E-state index < -0.39 is 27.7 Å². The van der Waals surface area contributed by atoms with E-state index in [4.69, 9.17) is 5.11 Å². The zero-order valence-corrected chi connectivity index (χ0v) is 10.6. The van der Waals surface area contributed by atoms with Crippen LogP contribution in [0.15, 0.2) is 18.2 Å². The van der Waals surface area contributed by atoms with Crippen LogP contribution in [-0.2, 0) is 0 Å². The number of alkyl halides is 3. The van der Waals surface area contributed by atoms with E-state index in [-0.39, 0.29) is 29.7 Å². The highest BCUT2D eigenvalue weighted by molar-refractivity contribution is 8.00. The third-order valence-corrected chi connectivity index (χ3v) is 2.86. The van der Waals surface area contributed by atoms with E-state index in [1.165, 1.54) is 6.07 Å². The number of anilines is 1. The number of hydrogen-bond acceptors (Lipinski definition) is 5. The van der Waals surface area contributed by atoms with Crippen molar-refractivity contribution < 1.29 is 28.0 Å². The molecule has 0 atom stereocenters. The van der Waals surface area contributed by atoms with Crippen molar-refractivity contribution in [2.24, 2.45) is 0 Å². The molecule has 110 valence electrons. The second-order valence-corrected chi connectivity index (χ2v) is 4.68. The van der Waals surface area contributed by atoms with E-state index >= 15 is 0 Å². The van der Waals surface area contributed by atoms with Crippen LogP contribution < -0.4 is 5.32 Å². The Morgan fingerprint density at radius 1 is 1.45 bits per heavy atom. The fraction of sp³-hybridized carbons (Fsp3) is 0.300. The second kappa shape index (κ2) is 6.46. The van der Waals surface area contributed by atoms with Crippen LogP contribution in [-0.4, -0.2) is 33.8 Å². The molecule has 0 unspecified atom stereocenters. The average molecular weight is 310 g/mol. The molecule has 1 aromatic carbocycles. The van der Waals surface area contributed by atoms with Crippen LogP contribution in [0.25, 0.3) is 0 Å². The molecule has 6 nitrogen and oxygen atoms in total. The van der Waals surface area contributed by atoms with Gasteiger partial charge >= 0.3 is 11.5 Å². The zero-order valence-electron chi connectivity index (χ0n) is 9.81. The first-order valence-electron chi connectivity index (χ1n) is 5.17. The summed E-state index contributed by atoms with van der Waals surface area (Å²) in [5, 5.41) is 22.0. The quantitative estimate of drug-likeness (QED) is 0.477. The van der Waals surface area contributed by atoms with Crippen molar-refractivity contribution in [1.82, 2.24) is 0 Å². The van der Waals surface area contributed by atoms with Gasteiger partial charge in [-0.3, -0.25) is 10.1 Å². The van der Waals surface area contributed by atoms with Gasteiger partial charge in [-0.15, -0.1) is 0 Å². The normalized spacial score (nSPS) is 11.2. The maximum Gasteiger partial charge on any atom is 0.441 e. The van der Waals surface area contributed by atoms with Gasteiger partial charge < -0.3 is 10.4 Å². The van der Waals surface area contributed by atoms with Crippen LogP contribution >= 0.6 is 11.8 Å². The molecule has 0 aliphatic carbocycles. The Morgan fingerprint density at radius 2 is 2.10 bits per heavy atom. The summed E-state index contributed by atoms with van der Waals surface area (Å²) in [6, 6.07) is 3.24. The van der Waals surface area contributed by atoms with Crippen molar-refractivity contribution in [2.45, 2.75) is 5.51 Å². The SMILES string of the molecule is O=C(O)c1cc(NCCSC(F)(F)F)ccc1[N+](=O)[O-]. The zero-order chi connectivity index (χ0) is 15.3. The molecular formula is C10H9F3N2O4S. The molecule has 0 amide bonds. The fourth-order valence-corrected chi connectivity index (χ4v) is 1.77. The Hall–Kier alpha value is -1.97. The van der Waals surface area contributed by atoms with Crippen molar-refractivity contribution in [2.75, 3.05) is 17.6 Å². The number of hydrogen-bond donors (Lipinski definition) is 2. The number of thioether (sulfide) groups is 1. The van der Waals surface area contributed by atoms with E-state index in [9.17, 15) is 28.1 Å². The highest BCUT2D eigenvalue weighted by Crippen LogP contribution is 2.29. The monoisotopic (exact) mass is 310 g/mol. The van der Waals surface area contributed by atoms with E-state index in [2.05, 4.69) is 5.32 Å². The molecule has 20 heavy (non-hydrogen) atoms. The van der Waals surface area contributed by atoms with E-state index in [1.54, 1.807) is 0 Å². The summed E-state index contributed by atoms with van der Waals surface area (Å²) in [6.07, 6.45) is 0. The number of carboxylic acid groups (broad SMARTS) is 1. The Bertz CT molecular complexity index is 522. The summed E-state index contributed by atoms with van der Waals surface area (Å²) >= 11 is -0.216. The lowest BCUT2D eigenvalue weighted by Crippen LogP contribution is -2.10. The highest BCUT2D eigenvalue weighted by atomic mass is 32.2. The largest absolute Gasteiger partial charge is 0.477 e. The van der Waals surface area contributed by atoms with Gasteiger partial charge in [0.05, 0.1) is 4.92 Å². The number of nitro groups is 1. The van der Waals surface area contributed by atoms with Gasteiger partial charge in [0, 0.05) is 24.1 Å². The van der Waals surface area contributed by atoms with Gasteiger partial charge in [0.2, 0.25) is 0 Å². The van der Waals surface area contributed by atoms with Crippen LogP contribution in [0, 0.1) is 10.1 Å². The Kier molecular flexibility index (Phi) is 5.19. The molecule has 1 aromatic rings. The first-order valence-corrected chi connectivity index (χ1v) is 6.15. The standard InChI is InChI=1S/C10H9F3N2O4S/c11-10(12,13)20-4-3-14-6-1-2-8(15(18)19)7(5-6)9(16)17/h1-2,5,14H,3-4H2,(H,16,17). The molecule has 0 fully saturated rings. The summed E-state index contributed by atoms with van der Waals surface area (Å²) in [7, 11) is 0. The third-order valence-electron chi connectivity index (χ3n) is 2.12. The molecule has 0 saturated carbocycles. The minimum Gasteiger partial charge on any atom is -0.477 e. The maximum atomic E-state index is 11.9. The molecule has 0 bridgehead atoms. The first-order chi connectivity index (χ1) is 9.20. The van der Waals surface area contributed by atoms with Crippen LogP contribution in [0.4, 0.5) is 24.5 Å². The summed E-state index contributed by atoms with van der Waals surface area (Å²) in [6.45, 7) is -0.0545. The Labute approximate surface area is 115 Å². The summed E-state index contributed by atoms with van der Waals surface area (Å²) in [5.41, 5.74) is -5.23. The molecule has 0 aliphatic heterocycles. The lowest BCUT2D eigenvalue weighted by molar-refractivity contribution is -0.385. The molecule has 2 N–H and O–H groups in total. The molecule has 0 aromatic heterocycles. The minimum absolute atomic E-state index is 0.0545. The lowest BCUT2D eigenvalue weighted by Gasteiger charge is -2.08. The molecule has 0 heterocycles. The van der Waals surface area contributed by atoms with Crippen molar-refractivity contribution in [3.8, 4) is 0 Å². The molecule has 0 aliphatic rings. The second-order valence-electron chi connectivity index (χ2n) is 3.52. The number of carboxylic acids is 1. The summed E-state index contributed by atoms with van der Waals surface area (Å²) < 4.78 is 35.6. The third kappa shape index (κ3) is 4.96. The molecule has 0 radical (unpaired) electrons. The topological polar surface area (TPSA) is 92.5 Å². The van der Waals surface area contributed by atoms with Crippen molar-refractivity contribution in [3.63, 3.8) is 0 Å². The fourth-order valence-electron chi connectivity index (χ4n) is 1.34. The van der Waals surface area contributed by atoms with Crippen molar-refractivity contribution in [1.29, 1.82) is 0 Å². The highest BCUT2D eigenvalue weighted by Gasteiger charge is 2.27. The molecule has 0 saturated heterocycles. The average Bonchev–Trinajstić information content (AvgIpc) is 2.33. The Morgan fingerprint density at radius 3 is 2.60 bits per heavy atom. The number of nitrogens with one attached hydrogen (secondary N) is 1. The molecular weight excluding hydrogens is 301 g/mol. The van der Waals surface area contributed by atoms with Gasteiger partial charge in [-0.1, -0.05) is 0 Å². The number of nitro benzene ring substituents is 1. The maximum absolute atomic E-state index is 11.9. The number of halogens is 3. The van der Waals surface area contributed by atoms with Gasteiger partial charge in [-0.05, 0) is 23.9 Å². The molecule has 0 spiro atoms. The molecule has 1 rings (SSSR count). The number of nitrogens with zero attached hydrogens (tertiary/aromatic N) is 1. The predicted octanol–water partition coefficient (Wildman–Crippen LogP) is 2.96. The molecule has 10 heteroatoms. The minimum atomic E-state index is -4.33.